The van der Waals surface area contributed by atoms with Crippen molar-refractivity contribution < 1.29 is 19.3 Å². The second-order valence-electron chi connectivity index (χ2n) is 5.02. The van der Waals surface area contributed by atoms with Crippen LogP contribution < -0.4 is 4.74 Å². The molecule has 1 aliphatic rings. The van der Waals surface area contributed by atoms with Crippen LogP contribution in [0, 0.1) is 6.92 Å². The molecule has 1 saturated heterocycles. The van der Waals surface area contributed by atoms with Gasteiger partial charge in [-0.2, -0.15) is 0 Å². The Labute approximate surface area is 124 Å². The quantitative estimate of drug-likeness (QED) is 0.877. The maximum absolute atomic E-state index is 9.89. The maximum atomic E-state index is 9.89. The lowest BCUT2D eigenvalue weighted by Gasteiger charge is -2.23. The SMILES string of the molecule is Cc1ccc(Cl)cc1OC[C@@H](O)COC1CCOCC1. The van der Waals surface area contributed by atoms with Gasteiger partial charge in [0.15, 0.2) is 0 Å². The summed E-state index contributed by atoms with van der Waals surface area (Å²) in [5.41, 5.74) is 0.993. The zero-order valence-corrected chi connectivity index (χ0v) is 12.4. The van der Waals surface area contributed by atoms with E-state index in [0.717, 1.165) is 31.6 Å². The van der Waals surface area contributed by atoms with E-state index in [0.29, 0.717) is 10.8 Å². The van der Waals surface area contributed by atoms with Gasteiger partial charge in [0, 0.05) is 18.2 Å². The number of ether oxygens (including phenoxy) is 3. The van der Waals surface area contributed by atoms with Crippen LogP contribution in [0.25, 0.3) is 0 Å². The number of halogens is 1. The van der Waals surface area contributed by atoms with E-state index in [1.165, 1.54) is 0 Å². The van der Waals surface area contributed by atoms with Crippen LogP contribution in [0.4, 0.5) is 0 Å². The highest BCUT2D eigenvalue weighted by atomic mass is 35.5. The number of hydrogen-bond acceptors (Lipinski definition) is 4. The lowest BCUT2D eigenvalue weighted by Crippen LogP contribution is -2.30. The fourth-order valence-electron chi connectivity index (χ4n) is 2.05. The predicted octanol–water partition coefficient (Wildman–Crippen LogP) is 2.58. The van der Waals surface area contributed by atoms with Crippen molar-refractivity contribution in [3.8, 4) is 5.75 Å². The Balaban J connectivity index is 1.71. The lowest BCUT2D eigenvalue weighted by molar-refractivity contribution is -0.0659. The first-order chi connectivity index (χ1) is 9.65. The molecule has 1 aromatic rings. The summed E-state index contributed by atoms with van der Waals surface area (Å²) < 4.78 is 16.5. The topological polar surface area (TPSA) is 47.9 Å². The number of aliphatic hydroxyl groups is 1. The molecule has 1 atom stereocenters. The Kier molecular flexibility index (Phi) is 6.10. The second kappa shape index (κ2) is 7.84. The van der Waals surface area contributed by atoms with Crippen LogP contribution in [-0.2, 0) is 9.47 Å². The Bertz CT molecular complexity index is 418. The fourth-order valence-corrected chi connectivity index (χ4v) is 2.22. The van der Waals surface area contributed by atoms with Crippen molar-refractivity contribution >= 4 is 11.6 Å². The van der Waals surface area contributed by atoms with Gasteiger partial charge in [-0.15, -0.1) is 0 Å². The van der Waals surface area contributed by atoms with Gasteiger partial charge in [0.2, 0.25) is 0 Å². The molecule has 0 bridgehead atoms. The molecule has 0 amide bonds. The summed E-state index contributed by atoms with van der Waals surface area (Å²) in [5.74, 6) is 0.697. The molecule has 0 radical (unpaired) electrons. The number of aryl methyl sites for hydroxylation is 1. The normalized spacial score (nSPS) is 17.9. The van der Waals surface area contributed by atoms with E-state index in [4.69, 9.17) is 25.8 Å². The van der Waals surface area contributed by atoms with Crippen molar-refractivity contribution in [3.63, 3.8) is 0 Å². The molecular weight excluding hydrogens is 280 g/mol. The van der Waals surface area contributed by atoms with E-state index < -0.39 is 6.10 Å². The van der Waals surface area contributed by atoms with Crippen LogP contribution in [0.1, 0.15) is 18.4 Å². The summed E-state index contributed by atoms with van der Waals surface area (Å²) in [4.78, 5) is 0. The third kappa shape index (κ3) is 4.94. The summed E-state index contributed by atoms with van der Waals surface area (Å²) in [7, 11) is 0. The zero-order chi connectivity index (χ0) is 14.4. The number of aliphatic hydroxyl groups excluding tert-OH is 1. The predicted molar refractivity (Wildman–Crippen MR) is 77.5 cm³/mol. The number of rotatable bonds is 6. The van der Waals surface area contributed by atoms with Crippen LogP contribution in [-0.4, -0.2) is 43.7 Å². The Morgan fingerprint density at radius 3 is 2.85 bits per heavy atom. The fraction of sp³-hybridized carbons (Fsp3) is 0.600. The van der Waals surface area contributed by atoms with Gasteiger partial charge in [0.25, 0.3) is 0 Å². The van der Waals surface area contributed by atoms with E-state index in [1.807, 2.05) is 19.1 Å². The first-order valence-corrected chi connectivity index (χ1v) is 7.29. The maximum Gasteiger partial charge on any atom is 0.123 e. The first kappa shape index (κ1) is 15.6. The summed E-state index contributed by atoms with van der Waals surface area (Å²) in [6.07, 6.45) is 1.32. The third-order valence-corrected chi connectivity index (χ3v) is 3.51. The minimum absolute atomic E-state index is 0.186. The van der Waals surface area contributed by atoms with Crippen LogP contribution in [0.15, 0.2) is 18.2 Å². The molecule has 0 spiro atoms. The van der Waals surface area contributed by atoms with Crippen LogP contribution in [0.3, 0.4) is 0 Å². The molecule has 0 unspecified atom stereocenters. The zero-order valence-electron chi connectivity index (χ0n) is 11.7. The molecule has 0 saturated carbocycles. The van der Waals surface area contributed by atoms with Gasteiger partial charge in [-0.25, -0.2) is 0 Å². The van der Waals surface area contributed by atoms with Gasteiger partial charge in [0.1, 0.15) is 18.5 Å². The molecule has 0 aliphatic carbocycles. The Morgan fingerprint density at radius 1 is 1.35 bits per heavy atom. The molecular formula is C15H21ClO4. The van der Waals surface area contributed by atoms with Gasteiger partial charge in [-0.1, -0.05) is 17.7 Å². The molecule has 4 nitrogen and oxygen atoms in total. The van der Waals surface area contributed by atoms with Crippen molar-refractivity contribution in [2.45, 2.75) is 32.0 Å². The van der Waals surface area contributed by atoms with Crippen LogP contribution in [0.5, 0.6) is 5.75 Å². The molecule has 0 aromatic heterocycles. The molecule has 20 heavy (non-hydrogen) atoms. The van der Waals surface area contributed by atoms with Crippen molar-refractivity contribution in [1.29, 1.82) is 0 Å². The van der Waals surface area contributed by atoms with E-state index >= 15 is 0 Å². The van der Waals surface area contributed by atoms with Gasteiger partial charge in [-0.3, -0.25) is 0 Å². The molecule has 112 valence electrons. The average molecular weight is 301 g/mol. The molecule has 2 rings (SSSR count). The minimum Gasteiger partial charge on any atom is -0.490 e. The summed E-state index contributed by atoms with van der Waals surface area (Å²) in [5, 5.41) is 10.5. The highest BCUT2D eigenvalue weighted by Crippen LogP contribution is 2.22. The second-order valence-corrected chi connectivity index (χ2v) is 5.46. The van der Waals surface area contributed by atoms with Gasteiger partial charge >= 0.3 is 0 Å². The largest absolute Gasteiger partial charge is 0.490 e. The summed E-state index contributed by atoms with van der Waals surface area (Å²) >= 11 is 5.92. The lowest BCUT2D eigenvalue weighted by atomic mass is 10.1. The number of benzene rings is 1. The van der Waals surface area contributed by atoms with Gasteiger partial charge in [0.05, 0.1) is 12.7 Å². The molecule has 1 aromatic carbocycles. The smallest absolute Gasteiger partial charge is 0.123 e. The molecule has 1 fully saturated rings. The van der Waals surface area contributed by atoms with E-state index in [1.54, 1.807) is 6.07 Å². The highest BCUT2D eigenvalue weighted by molar-refractivity contribution is 6.30. The first-order valence-electron chi connectivity index (χ1n) is 6.91. The molecule has 1 heterocycles. The molecule has 5 heteroatoms. The van der Waals surface area contributed by atoms with Gasteiger partial charge in [-0.05, 0) is 37.5 Å². The van der Waals surface area contributed by atoms with Crippen molar-refractivity contribution in [3.05, 3.63) is 28.8 Å². The molecule has 1 N–H and O–H groups in total. The Hall–Kier alpha value is -0.810. The third-order valence-electron chi connectivity index (χ3n) is 3.27. The van der Waals surface area contributed by atoms with E-state index in [-0.39, 0.29) is 19.3 Å². The van der Waals surface area contributed by atoms with Crippen LogP contribution in [0.2, 0.25) is 5.02 Å². The average Bonchev–Trinajstić information content (AvgIpc) is 2.47. The summed E-state index contributed by atoms with van der Waals surface area (Å²) in [6.45, 7) is 3.89. The van der Waals surface area contributed by atoms with E-state index in [2.05, 4.69) is 0 Å². The monoisotopic (exact) mass is 300 g/mol. The van der Waals surface area contributed by atoms with Gasteiger partial charge < -0.3 is 19.3 Å². The van der Waals surface area contributed by atoms with Crippen molar-refractivity contribution in [2.75, 3.05) is 26.4 Å². The summed E-state index contributed by atoms with van der Waals surface area (Å²) in [6, 6.07) is 5.46. The van der Waals surface area contributed by atoms with Crippen molar-refractivity contribution in [1.82, 2.24) is 0 Å². The van der Waals surface area contributed by atoms with Crippen LogP contribution >= 0.6 is 11.6 Å². The standard InChI is InChI=1S/C15H21ClO4/c1-11-2-3-12(16)8-15(11)20-10-13(17)9-19-14-4-6-18-7-5-14/h2-3,8,13-14,17H,4-7,9-10H2,1H3/t13-/m0/s1. The minimum atomic E-state index is -0.642. The van der Waals surface area contributed by atoms with Crippen molar-refractivity contribution in [2.24, 2.45) is 0 Å². The molecule has 1 aliphatic heterocycles. The van der Waals surface area contributed by atoms with E-state index in [9.17, 15) is 5.11 Å². The highest BCUT2D eigenvalue weighted by Gasteiger charge is 2.16. The number of hydrogen-bond donors (Lipinski definition) is 1. The Morgan fingerprint density at radius 2 is 2.10 bits per heavy atom.